The zero-order valence-electron chi connectivity index (χ0n) is 17.4. The number of carbonyl (C=O) groups excluding carboxylic acids is 1. The first-order valence-corrected chi connectivity index (χ1v) is 10.2. The van der Waals surface area contributed by atoms with Crippen molar-refractivity contribution in [1.29, 1.82) is 0 Å². The Hall–Kier alpha value is -2.28. The molecular weight excluding hydrogens is 356 g/mol. The lowest BCUT2D eigenvalue weighted by Gasteiger charge is -2.27. The molecular formula is C21H34N4O3. The van der Waals surface area contributed by atoms with Crippen LogP contribution in [0.5, 0.6) is 5.75 Å². The van der Waals surface area contributed by atoms with Crippen LogP contribution in [0.1, 0.15) is 39.0 Å². The van der Waals surface area contributed by atoms with Gasteiger partial charge in [-0.1, -0.05) is 13.0 Å². The summed E-state index contributed by atoms with van der Waals surface area (Å²) in [4.78, 5) is 18.3. The van der Waals surface area contributed by atoms with E-state index in [9.17, 15) is 4.79 Å². The maximum Gasteiger partial charge on any atom is 0.222 e. The van der Waals surface area contributed by atoms with Crippen LogP contribution in [-0.2, 0) is 9.53 Å². The summed E-state index contributed by atoms with van der Waals surface area (Å²) in [6, 6.07) is 8.12. The third-order valence-electron chi connectivity index (χ3n) is 4.87. The van der Waals surface area contributed by atoms with E-state index < -0.39 is 0 Å². The number of anilines is 1. The van der Waals surface area contributed by atoms with Crippen LogP contribution in [0.2, 0.25) is 0 Å². The van der Waals surface area contributed by atoms with Crippen LogP contribution in [0.4, 0.5) is 5.69 Å². The van der Waals surface area contributed by atoms with E-state index in [1.807, 2.05) is 29.2 Å². The molecule has 1 aliphatic rings. The number of ether oxygens (including phenoxy) is 2. The molecule has 0 saturated carbocycles. The van der Waals surface area contributed by atoms with Gasteiger partial charge in [0.2, 0.25) is 5.91 Å². The number of rotatable bonds is 11. The number of guanidine groups is 1. The molecule has 1 saturated heterocycles. The van der Waals surface area contributed by atoms with Crippen molar-refractivity contribution in [2.24, 2.45) is 4.99 Å². The predicted octanol–water partition coefficient (Wildman–Crippen LogP) is 2.88. The highest BCUT2D eigenvalue weighted by Gasteiger charge is 2.26. The summed E-state index contributed by atoms with van der Waals surface area (Å²) in [7, 11) is 3.44. The average Bonchev–Trinajstić information content (AvgIpc) is 3.14. The van der Waals surface area contributed by atoms with Gasteiger partial charge in [-0.3, -0.25) is 9.79 Å². The predicted molar refractivity (Wildman–Crippen MR) is 113 cm³/mol. The van der Waals surface area contributed by atoms with E-state index in [0.717, 1.165) is 50.2 Å². The molecule has 1 aromatic rings. The summed E-state index contributed by atoms with van der Waals surface area (Å²) in [5, 5.41) is 6.64. The molecule has 1 fully saturated rings. The Morgan fingerprint density at radius 2 is 2.21 bits per heavy atom. The molecule has 0 aliphatic carbocycles. The highest BCUT2D eigenvalue weighted by atomic mass is 16.5. The number of carbonyl (C=O) groups is 1. The van der Waals surface area contributed by atoms with Gasteiger partial charge < -0.3 is 25.0 Å². The Kier molecular flexibility index (Phi) is 9.62. The minimum absolute atomic E-state index is 0.289. The number of hydrogen-bond donors (Lipinski definition) is 2. The maximum atomic E-state index is 12.0. The quantitative estimate of drug-likeness (QED) is 0.345. The normalized spacial score (nSPS) is 15.6. The minimum Gasteiger partial charge on any atom is -0.493 e. The number of benzene rings is 1. The fourth-order valence-corrected chi connectivity index (χ4v) is 3.37. The summed E-state index contributed by atoms with van der Waals surface area (Å²) in [6.07, 6.45) is 4.41. The third-order valence-corrected chi connectivity index (χ3v) is 4.87. The van der Waals surface area contributed by atoms with Crippen LogP contribution in [0.15, 0.2) is 29.3 Å². The average molecular weight is 391 g/mol. The van der Waals surface area contributed by atoms with Crippen molar-refractivity contribution < 1.29 is 14.3 Å². The van der Waals surface area contributed by atoms with Gasteiger partial charge in [0, 0.05) is 64.5 Å². The zero-order chi connectivity index (χ0) is 20.2. The van der Waals surface area contributed by atoms with Crippen molar-refractivity contribution in [2.75, 3.05) is 45.8 Å². The number of likely N-dealkylation sites (tertiary alicyclic amines) is 1. The van der Waals surface area contributed by atoms with Gasteiger partial charge in [-0.25, -0.2) is 0 Å². The van der Waals surface area contributed by atoms with Crippen molar-refractivity contribution in [1.82, 2.24) is 10.2 Å². The molecule has 1 amide bonds. The standard InChI is InChI=1S/C21H34N4O3/c1-4-18(25-13-6-10-20(25)26)11-12-23-21(22-2)24-17-8-5-9-19(16-17)28-15-7-14-27-3/h5,8-9,16,18H,4,6-7,10-15H2,1-3H3,(H2,22,23,24). The summed E-state index contributed by atoms with van der Waals surface area (Å²) in [5.41, 5.74) is 0.916. The van der Waals surface area contributed by atoms with Crippen LogP contribution >= 0.6 is 0 Å². The van der Waals surface area contributed by atoms with Crippen molar-refractivity contribution >= 4 is 17.6 Å². The Balaban J connectivity index is 1.79. The first kappa shape index (κ1) is 22.0. The number of nitrogens with zero attached hydrogens (tertiary/aromatic N) is 2. The molecule has 1 aromatic carbocycles. The molecule has 28 heavy (non-hydrogen) atoms. The van der Waals surface area contributed by atoms with E-state index in [1.54, 1.807) is 14.2 Å². The molecule has 7 nitrogen and oxygen atoms in total. The number of hydrogen-bond acceptors (Lipinski definition) is 4. The highest BCUT2D eigenvalue weighted by Crippen LogP contribution is 2.19. The topological polar surface area (TPSA) is 75.2 Å². The van der Waals surface area contributed by atoms with Crippen molar-refractivity contribution in [2.45, 2.75) is 45.1 Å². The van der Waals surface area contributed by atoms with Gasteiger partial charge in [-0.05, 0) is 31.4 Å². The monoisotopic (exact) mass is 390 g/mol. The second-order valence-corrected chi connectivity index (χ2v) is 6.89. The summed E-state index contributed by atoms with van der Waals surface area (Å²) in [6.45, 7) is 5.10. The van der Waals surface area contributed by atoms with Crippen molar-refractivity contribution in [3.63, 3.8) is 0 Å². The zero-order valence-corrected chi connectivity index (χ0v) is 17.4. The number of methoxy groups -OCH3 is 1. The first-order chi connectivity index (χ1) is 13.7. The van der Waals surface area contributed by atoms with Gasteiger partial charge in [0.25, 0.3) is 0 Å². The first-order valence-electron chi connectivity index (χ1n) is 10.2. The van der Waals surface area contributed by atoms with Gasteiger partial charge in [-0.2, -0.15) is 0 Å². The molecule has 156 valence electrons. The van der Waals surface area contributed by atoms with Crippen LogP contribution in [-0.4, -0.2) is 63.3 Å². The Morgan fingerprint density at radius 1 is 1.36 bits per heavy atom. The Bertz CT molecular complexity index is 636. The second-order valence-electron chi connectivity index (χ2n) is 6.89. The smallest absolute Gasteiger partial charge is 0.222 e. The van der Waals surface area contributed by atoms with Crippen LogP contribution in [0.25, 0.3) is 0 Å². The van der Waals surface area contributed by atoms with E-state index >= 15 is 0 Å². The van der Waals surface area contributed by atoms with Gasteiger partial charge in [-0.15, -0.1) is 0 Å². The molecule has 1 heterocycles. The van der Waals surface area contributed by atoms with Crippen molar-refractivity contribution in [3.05, 3.63) is 24.3 Å². The molecule has 0 aromatic heterocycles. The molecule has 1 aliphatic heterocycles. The molecule has 2 N–H and O–H groups in total. The van der Waals surface area contributed by atoms with E-state index in [0.29, 0.717) is 31.6 Å². The van der Waals surface area contributed by atoms with Crippen LogP contribution in [0, 0.1) is 0 Å². The fourth-order valence-electron chi connectivity index (χ4n) is 3.37. The van der Waals surface area contributed by atoms with E-state index in [-0.39, 0.29) is 5.91 Å². The molecule has 1 atom stereocenters. The highest BCUT2D eigenvalue weighted by molar-refractivity contribution is 5.93. The molecule has 7 heteroatoms. The third kappa shape index (κ3) is 7.03. The lowest BCUT2D eigenvalue weighted by Crippen LogP contribution is -2.39. The fraction of sp³-hybridized carbons (Fsp3) is 0.619. The summed E-state index contributed by atoms with van der Waals surface area (Å²) < 4.78 is 10.8. The second kappa shape index (κ2) is 12.2. The Labute approximate surface area is 168 Å². The minimum atomic E-state index is 0.289. The maximum absolute atomic E-state index is 12.0. The molecule has 1 unspecified atom stereocenters. The van der Waals surface area contributed by atoms with Gasteiger partial charge in [0.15, 0.2) is 5.96 Å². The SMILES string of the molecule is CCC(CCNC(=NC)Nc1cccc(OCCCOC)c1)N1CCCC1=O. The van der Waals surface area contributed by atoms with E-state index in [4.69, 9.17) is 9.47 Å². The van der Waals surface area contributed by atoms with Gasteiger partial charge in [0.1, 0.15) is 5.75 Å². The molecule has 0 radical (unpaired) electrons. The number of nitrogens with one attached hydrogen (secondary N) is 2. The summed E-state index contributed by atoms with van der Waals surface area (Å²) >= 11 is 0. The Morgan fingerprint density at radius 3 is 2.89 bits per heavy atom. The van der Waals surface area contributed by atoms with Gasteiger partial charge in [0.05, 0.1) is 6.61 Å². The lowest BCUT2D eigenvalue weighted by molar-refractivity contribution is -0.129. The summed E-state index contributed by atoms with van der Waals surface area (Å²) in [5.74, 6) is 1.81. The van der Waals surface area contributed by atoms with E-state index in [1.165, 1.54) is 0 Å². The molecule has 0 bridgehead atoms. The number of amides is 1. The van der Waals surface area contributed by atoms with Crippen LogP contribution < -0.4 is 15.4 Å². The molecule has 0 spiro atoms. The van der Waals surface area contributed by atoms with Gasteiger partial charge >= 0.3 is 0 Å². The lowest BCUT2D eigenvalue weighted by atomic mass is 10.1. The van der Waals surface area contributed by atoms with Crippen LogP contribution in [0.3, 0.4) is 0 Å². The largest absolute Gasteiger partial charge is 0.493 e. The number of aliphatic imine (C=N–C) groups is 1. The molecule has 2 rings (SSSR count). The van der Waals surface area contributed by atoms with E-state index in [2.05, 4.69) is 22.5 Å². The van der Waals surface area contributed by atoms with Crippen molar-refractivity contribution in [3.8, 4) is 5.75 Å².